The summed E-state index contributed by atoms with van der Waals surface area (Å²) in [6.45, 7) is 2.15. The van der Waals surface area contributed by atoms with Crippen LogP contribution in [0, 0.1) is 0 Å². The van der Waals surface area contributed by atoms with Gasteiger partial charge in [-0.2, -0.15) is 13.2 Å². The van der Waals surface area contributed by atoms with Gasteiger partial charge in [0.2, 0.25) is 0 Å². The Hall–Kier alpha value is -2.86. The van der Waals surface area contributed by atoms with Gasteiger partial charge in [-0.25, -0.2) is 0 Å². The number of halogens is 3. The quantitative estimate of drug-likeness (QED) is 0.360. The predicted molar refractivity (Wildman–Crippen MR) is 131 cm³/mol. The normalized spacial score (nSPS) is 19.2. The molecule has 0 radical (unpaired) electrons. The number of hydrogen-bond acceptors (Lipinski definition) is 3. The number of aliphatic imine (C=N–C) groups is 1. The number of unbranched alkanes of at least 4 members (excludes halogenated alkanes) is 1. The standard InChI is InChI=1S/C27H24F3NOS/c1-3-4-8-17-13-18-9-5-6-12-22(18)20(14-17)16-23-25(32)24(26(31-2)33-23)19-10-7-11-21(15-19)27(28,29)30/h5-7,9-16,24H,3-4,8H2,1-2H3. The van der Waals surface area contributed by atoms with Crippen LogP contribution in [0.1, 0.15) is 47.9 Å². The highest BCUT2D eigenvalue weighted by atomic mass is 32.2. The first-order valence-corrected chi connectivity index (χ1v) is 11.7. The fourth-order valence-corrected chi connectivity index (χ4v) is 5.21. The average Bonchev–Trinajstić information content (AvgIpc) is 3.12. The van der Waals surface area contributed by atoms with Crippen molar-refractivity contribution in [2.75, 3.05) is 7.05 Å². The lowest BCUT2D eigenvalue weighted by Crippen LogP contribution is -2.14. The van der Waals surface area contributed by atoms with Crippen LogP contribution >= 0.6 is 11.8 Å². The molecule has 1 aliphatic rings. The molecule has 6 heteroatoms. The van der Waals surface area contributed by atoms with Gasteiger partial charge in [-0.05, 0) is 52.4 Å². The Kier molecular flexibility index (Phi) is 6.75. The number of allylic oxidation sites excluding steroid dienone is 1. The van der Waals surface area contributed by atoms with Gasteiger partial charge < -0.3 is 0 Å². The number of hydrogen-bond donors (Lipinski definition) is 0. The Labute approximate surface area is 195 Å². The number of alkyl halides is 3. The fourth-order valence-electron chi connectivity index (χ4n) is 4.13. The Morgan fingerprint density at radius 1 is 1.06 bits per heavy atom. The molecule has 0 bridgehead atoms. The van der Waals surface area contributed by atoms with Crippen LogP contribution in [0.4, 0.5) is 13.2 Å². The lowest BCUT2D eigenvalue weighted by Gasteiger charge is -2.12. The van der Waals surface area contributed by atoms with Crippen LogP contribution in [0.25, 0.3) is 16.8 Å². The third kappa shape index (κ3) is 4.91. The first kappa shape index (κ1) is 23.3. The molecule has 1 fully saturated rings. The zero-order chi connectivity index (χ0) is 23.6. The topological polar surface area (TPSA) is 29.4 Å². The molecular formula is C27H24F3NOS. The molecule has 3 aromatic rings. The van der Waals surface area contributed by atoms with Crippen molar-refractivity contribution in [1.29, 1.82) is 0 Å². The molecule has 1 saturated heterocycles. The van der Waals surface area contributed by atoms with Gasteiger partial charge in [0, 0.05) is 7.05 Å². The van der Waals surface area contributed by atoms with Gasteiger partial charge in [0.1, 0.15) is 0 Å². The summed E-state index contributed by atoms with van der Waals surface area (Å²) in [6.07, 6.45) is 0.514. The van der Waals surface area contributed by atoms with Crippen molar-refractivity contribution in [2.45, 2.75) is 38.3 Å². The Balaban J connectivity index is 1.76. The summed E-state index contributed by atoms with van der Waals surface area (Å²) >= 11 is 1.24. The molecule has 0 N–H and O–H groups in total. The van der Waals surface area contributed by atoms with Crippen molar-refractivity contribution in [3.63, 3.8) is 0 Å². The van der Waals surface area contributed by atoms with E-state index in [9.17, 15) is 18.0 Å². The summed E-state index contributed by atoms with van der Waals surface area (Å²) in [5, 5.41) is 2.65. The number of benzene rings is 3. The zero-order valence-corrected chi connectivity index (χ0v) is 19.3. The van der Waals surface area contributed by atoms with Crippen LogP contribution in [0.3, 0.4) is 0 Å². The van der Waals surface area contributed by atoms with Crippen LogP contribution in [0.5, 0.6) is 0 Å². The second-order valence-electron chi connectivity index (χ2n) is 8.10. The Morgan fingerprint density at radius 2 is 1.85 bits per heavy atom. The largest absolute Gasteiger partial charge is 0.416 e. The molecule has 2 nitrogen and oxygen atoms in total. The number of aryl methyl sites for hydroxylation is 1. The van der Waals surface area contributed by atoms with Gasteiger partial charge in [0.15, 0.2) is 5.78 Å². The van der Waals surface area contributed by atoms with Crippen LogP contribution in [-0.4, -0.2) is 17.9 Å². The van der Waals surface area contributed by atoms with Crippen LogP contribution < -0.4 is 0 Å². The van der Waals surface area contributed by atoms with E-state index < -0.39 is 17.7 Å². The highest BCUT2D eigenvalue weighted by Gasteiger charge is 2.39. The predicted octanol–water partition coefficient (Wildman–Crippen LogP) is 7.67. The van der Waals surface area contributed by atoms with Crippen LogP contribution in [-0.2, 0) is 17.4 Å². The minimum atomic E-state index is -4.47. The van der Waals surface area contributed by atoms with E-state index in [-0.39, 0.29) is 5.78 Å². The summed E-state index contributed by atoms with van der Waals surface area (Å²) in [7, 11) is 1.57. The van der Waals surface area contributed by atoms with Crippen molar-refractivity contribution < 1.29 is 18.0 Å². The first-order valence-electron chi connectivity index (χ1n) is 10.9. The number of rotatable bonds is 5. The van der Waals surface area contributed by atoms with E-state index in [1.54, 1.807) is 13.1 Å². The van der Waals surface area contributed by atoms with Crippen molar-refractivity contribution in [3.05, 3.63) is 87.8 Å². The fraction of sp³-hybridized carbons (Fsp3) is 0.259. The third-order valence-corrected chi connectivity index (χ3v) is 6.96. The van der Waals surface area contributed by atoms with Crippen molar-refractivity contribution in [1.82, 2.24) is 0 Å². The summed E-state index contributed by atoms with van der Waals surface area (Å²) in [5.74, 6) is -1.04. The number of carbonyl (C=O) groups excluding carboxylic acids is 1. The number of ketones is 1. The first-order chi connectivity index (χ1) is 15.8. The number of nitrogens with zero attached hydrogens (tertiary/aromatic N) is 1. The monoisotopic (exact) mass is 467 g/mol. The number of thioether (sulfide) groups is 1. The van der Waals surface area contributed by atoms with E-state index in [0.29, 0.717) is 15.5 Å². The summed E-state index contributed by atoms with van der Waals surface area (Å²) in [4.78, 5) is 18.1. The van der Waals surface area contributed by atoms with Gasteiger partial charge in [-0.3, -0.25) is 9.79 Å². The Bertz CT molecular complexity index is 1260. The number of fused-ring (bicyclic) bond motifs is 1. The molecular weight excluding hydrogens is 443 g/mol. The average molecular weight is 468 g/mol. The number of Topliss-reactive ketones (excluding diaryl/α,β-unsaturated/α-hetero) is 1. The summed E-state index contributed by atoms with van der Waals surface area (Å²) in [5.41, 5.74) is 1.69. The highest BCUT2D eigenvalue weighted by molar-refractivity contribution is 8.19. The Morgan fingerprint density at radius 3 is 2.58 bits per heavy atom. The summed E-state index contributed by atoms with van der Waals surface area (Å²) < 4.78 is 39.7. The molecule has 4 rings (SSSR count). The van der Waals surface area contributed by atoms with E-state index in [2.05, 4.69) is 30.1 Å². The minimum absolute atomic E-state index is 0.219. The smallest absolute Gasteiger partial charge is 0.292 e. The maximum Gasteiger partial charge on any atom is 0.416 e. The molecule has 1 atom stereocenters. The van der Waals surface area contributed by atoms with Gasteiger partial charge in [0.25, 0.3) is 0 Å². The van der Waals surface area contributed by atoms with Gasteiger partial charge in [0.05, 0.1) is 21.4 Å². The molecule has 1 aliphatic heterocycles. The molecule has 0 amide bonds. The molecule has 1 unspecified atom stereocenters. The minimum Gasteiger partial charge on any atom is -0.292 e. The molecule has 3 aromatic carbocycles. The molecule has 0 aliphatic carbocycles. The van der Waals surface area contributed by atoms with E-state index in [1.807, 2.05) is 24.3 Å². The zero-order valence-electron chi connectivity index (χ0n) is 18.4. The molecule has 1 heterocycles. The van der Waals surface area contributed by atoms with Gasteiger partial charge >= 0.3 is 6.18 Å². The molecule has 170 valence electrons. The molecule has 0 spiro atoms. The number of carbonyl (C=O) groups is 1. The van der Waals surface area contributed by atoms with Crippen molar-refractivity contribution in [3.8, 4) is 0 Å². The van der Waals surface area contributed by atoms with Gasteiger partial charge in [-0.1, -0.05) is 79.7 Å². The van der Waals surface area contributed by atoms with Crippen LogP contribution in [0.15, 0.2) is 70.6 Å². The van der Waals surface area contributed by atoms with E-state index in [4.69, 9.17) is 0 Å². The maximum absolute atomic E-state index is 13.4. The lowest BCUT2D eigenvalue weighted by atomic mass is 9.92. The van der Waals surface area contributed by atoms with Crippen LogP contribution in [0.2, 0.25) is 0 Å². The third-order valence-electron chi connectivity index (χ3n) is 5.79. The van der Waals surface area contributed by atoms with Gasteiger partial charge in [-0.15, -0.1) is 0 Å². The second-order valence-corrected chi connectivity index (χ2v) is 9.16. The molecule has 33 heavy (non-hydrogen) atoms. The second kappa shape index (κ2) is 9.56. The van der Waals surface area contributed by atoms with Crippen molar-refractivity contribution >= 4 is 39.4 Å². The van der Waals surface area contributed by atoms with E-state index in [1.165, 1.54) is 23.4 Å². The molecule has 0 saturated carbocycles. The SMILES string of the molecule is CCCCc1cc(C=C2SC(=NC)C(c3cccc(C(F)(F)F)c3)C2=O)c2ccccc2c1. The van der Waals surface area contributed by atoms with E-state index in [0.717, 1.165) is 47.7 Å². The lowest BCUT2D eigenvalue weighted by molar-refractivity contribution is -0.137. The highest BCUT2D eigenvalue weighted by Crippen LogP contribution is 2.43. The maximum atomic E-state index is 13.4. The summed E-state index contributed by atoms with van der Waals surface area (Å²) in [6, 6.07) is 17.3. The van der Waals surface area contributed by atoms with Crippen molar-refractivity contribution in [2.24, 2.45) is 4.99 Å². The van der Waals surface area contributed by atoms with E-state index >= 15 is 0 Å². The molecule has 0 aromatic heterocycles.